The molecule has 3 aliphatic heterocycles. The molecule has 3 aliphatic rings. The van der Waals surface area contributed by atoms with Gasteiger partial charge < -0.3 is 15.0 Å². The minimum atomic E-state index is 0.0730. The zero-order chi connectivity index (χ0) is 15.6. The van der Waals surface area contributed by atoms with E-state index in [1.807, 2.05) is 23.6 Å². The summed E-state index contributed by atoms with van der Waals surface area (Å²) < 4.78 is 5.77. The number of rotatable bonds is 4. The third-order valence-corrected chi connectivity index (χ3v) is 5.28. The fraction of sp³-hybridized carbons (Fsp3) is 0.412. The second-order valence-electron chi connectivity index (χ2n) is 6.01. The van der Waals surface area contributed by atoms with Crippen molar-refractivity contribution in [2.24, 2.45) is 10.9 Å². The standard InChI is InChI=1S/C17H19N3O2S/c21-16(8-14-11-23-17-18-5-6-20(14)17)19-9-12-7-13-3-1-2-4-15(13)22-10-12/h1-4,11-12H,5-10H2,(H,19,21)/t12-/m0/s1. The summed E-state index contributed by atoms with van der Waals surface area (Å²) in [5.41, 5.74) is 2.29. The van der Waals surface area contributed by atoms with Crippen molar-refractivity contribution in [1.29, 1.82) is 0 Å². The van der Waals surface area contributed by atoms with Crippen LogP contribution in [-0.4, -0.2) is 42.2 Å². The van der Waals surface area contributed by atoms with Crippen molar-refractivity contribution in [2.75, 3.05) is 26.2 Å². The molecular weight excluding hydrogens is 310 g/mol. The smallest absolute Gasteiger partial charge is 0.225 e. The fourth-order valence-corrected chi connectivity index (χ4v) is 4.08. The summed E-state index contributed by atoms with van der Waals surface area (Å²) in [6.07, 6.45) is 1.38. The fourth-order valence-electron chi connectivity index (χ4n) is 3.12. The first kappa shape index (κ1) is 14.6. The lowest BCUT2D eigenvalue weighted by Gasteiger charge is -2.25. The Bertz CT molecular complexity index is 686. The first-order chi connectivity index (χ1) is 11.3. The van der Waals surface area contributed by atoms with E-state index in [0.29, 0.717) is 25.5 Å². The molecule has 3 heterocycles. The van der Waals surface area contributed by atoms with Gasteiger partial charge in [-0.25, -0.2) is 0 Å². The van der Waals surface area contributed by atoms with Gasteiger partial charge in [-0.05, 0) is 23.5 Å². The predicted molar refractivity (Wildman–Crippen MR) is 91.4 cm³/mol. The number of amidine groups is 1. The van der Waals surface area contributed by atoms with Crippen molar-refractivity contribution in [3.63, 3.8) is 0 Å². The van der Waals surface area contributed by atoms with Crippen molar-refractivity contribution < 1.29 is 9.53 Å². The number of fused-ring (bicyclic) bond motifs is 2. The Morgan fingerprint density at radius 1 is 1.43 bits per heavy atom. The molecule has 23 heavy (non-hydrogen) atoms. The van der Waals surface area contributed by atoms with Crippen LogP contribution < -0.4 is 10.1 Å². The van der Waals surface area contributed by atoms with E-state index >= 15 is 0 Å². The van der Waals surface area contributed by atoms with E-state index in [1.165, 1.54) is 5.56 Å². The van der Waals surface area contributed by atoms with E-state index < -0.39 is 0 Å². The van der Waals surface area contributed by atoms with Crippen molar-refractivity contribution in [2.45, 2.75) is 12.8 Å². The number of amides is 1. The molecule has 120 valence electrons. The summed E-state index contributed by atoms with van der Waals surface area (Å²) in [5, 5.41) is 6.13. The molecule has 0 unspecified atom stereocenters. The molecule has 1 N–H and O–H groups in total. The Morgan fingerprint density at radius 3 is 3.30 bits per heavy atom. The molecular formula is C17H19N3O2S. The zero-order valence-electron chi connectivity index (χ0n) is 12.8. The summed E-state index contributed by atoms with van der Waals surface area (Å²) in [6, 6.07) is 8.12. The average molecular weight is 329 g/mol. The third-order valence-electron chi connectivity index (χ3n) is 4.33. The molecule has 0 radical (unpaired) electrons. The van der Waals surface area contributed by atoms with Gasteiger partial charge in [-0.15, -0.1) is 0 Å². The highest BCUT2D eigenvalue weighted by Crippen LogP contribution is 2.31. The molecule has 0 aliphatic carbocycles. The summed E-state index contributed by atoms with van der Waals surface area (Å²) in [6.45, 7) is 3.06. The van der Waals surface area contributed by atoms with E-state index in [9.17, 15) is 4.79 Å². The van der Waals surface area contributed by atoms with Crippen molar-refractivity contribution in [3.05, 3.63) is 40.9 Å². The van der Waals surface area contributed by atoms with Crippen LogP contribution >= 0.6 is 11.8 Å². The SMILES string of the molecule is O=C(CC1=CSC2=NCCN12)NC[C@H]1COc2ccccc2C1. The Labute approximate surface area is 139 Å². The number of nitrogens with one attached hydrogen (secondary N) is 1. The molecule has 1 aromatic rings. The highest BCUT2D eigenvalue weighted by molar-refractivity contribution is 8.16. The maximum absolute atomic E-state index is 12.2. The number of benzene rings is 1. The number of nitrogens with zero attached hydrogens (tertiary/aromatic N) is 2. The maximum atomic E-state index is 12.2. The van der Waals surface area contributed by atoms with Gasteiger partial charge in [-0.2, -0.15) is 0 Å². The Kier molecular flexibility index (Phi) is 3.99. The molecule has 4 rings (SSSR count). The molecule has 1 amide bonds. The van der Waals surface area contributed by atoms with Gasteiger partial charge in [0.05, 0.1) is 19.6 Å². The van der Waals surface area contributed by atoms with E-state index in [2.05, 4.69) is 21.3 Å². The van der Waals surface area contributed by atoms with Gasteiger partial charge in [0.15, 0.2) is 5.17 Å². The third kappa shape index (κ3) is 3.08. The van der Waals surface area contributed by atoms with Crippen LogP contribution in [0.2, 0.25) is 0 Å². The Balaban J connectivity index is 1.27. The second kappa shape index (κ2) is 6.28. The lowest BCUT2D eigenvalue weighted by molar-refractivity contribution is -0.120. The summed E-state index contributed by atoms with van der Waals surface area (Å²) in [7, 11) is 0. The number of hydrogen-bond acceptors (Lipinski definition) is 5. The van der Waals surface area contributed by atoms with Crippen molar-refractivity contribution in [3.8, 4) is 5.75 Å². The number of para-hydroxylation sites is 1. The van der Waals surface area contributed by atoms with Crippen LogP contribution in [0, 0.1) is 5.92 Å². The molecule has 0 fully saturated rings. The summed E-state index contributed by atoms with van der Waals surface area (Å²) in [4.78, 5) is 18.8. The summed E-state index contributed by atoms with van der Waals surface area (Å²) in [5.74, 6) is 1.39. The van der Waals surface area contributed by atoms with E-state index in [-0.39, 0.29) is 5.91 Å². The van der Waals surface area contributed by atoms with E-state index in [4.69, 9.17) is 4.74 Å². The molecule has 6 heteroatoms. The molecule has 0 spiro atoms. The van der Waals surface area contributed by atoms with Crippen LogP contribution in [0.25, 0.3) is 0 Å². The van der Waals surface area contributed by atoms with Gasteiger partial charge in [-0.1, -0.05) is 30.0 Å². The Morgan fingerprint density at radius 2 is 2.35 bits per heavy atom. The molecule has 0 bridgehead atoms. The quantitative estimate of drug-likeness (QED) is 0.918. The van der Waals surface area contributed by atoms with Gasteiger partial charge >= 0.3 is 0 Å². The van der Waals surface area contributed by atoms with Gasteiger partial charge in [-0.3, -0.25) is 9.79 Å². The second-order valence-corrected chi connectivity index (χ2v) is 6.85. The molecule has 5 nitrogen and oxygen atoms in total. The minimum absolute atomic E-state index is 0.0730. The van der Waals surface area contributed by atoms with Crippen LogP contribution in [0.3, 0.4) is 0 Å². The molecule has 0 saturated carbocycles. The lowest BCUT2D eigenvalue weighted by Crippen LogP contribution is -2.35. The number of aliphatic imine (C=N–C) groups is 1. The number of hydrogen-bond donors (Lipinski definition) is 1. The number of carbonyl (C=O) groups excluding carboxylic acids is 1. The monoisotopic (exact) mass is 329 g/mol. The largest absolute Gasteiger partial charge is 0.493 e. The van der Waals surface area contributed by atoms with Crippen molar-refractivity contribution in [1.82, 2.24) is 10.2 Å². The van der Waals surface area contributed by atoms with Crippen LogP contribution in [0.1, 0.15) is 12.0 Å². The zero-order valence-corrected chi connectivity index (χ0v) is 13.6. The maximum Gasteiger partial charge on any atom is 0.225 e. The first-order valence-corrected chi connectivity index (χ1v) is 8.82. The van der Waals surface area contributed by atoms with Gasteiger partial charge in [0.2, 0.25) is 5.91 Å². The van der Waals surface area contributed by atoms with Crippen LogP contribution in [0.4, 0.5) is 0 Å². The number of thioether (sulfide) groups is 1. The van der Waals surface area contributed by atoms with Gasteiger partial charge in [0, 0.05) is 24.7 Å². The van der Waals surface area contributed by atoms with Gasteiger partial charge in [0.25, 0.3) is 0 Å². The van der Waals surface area contributed by atoms with E-state index in [0.717, 1.165) is 36.1 Å². The topological polar surface area (TPSA) is 53.9 Å². The molecule has 1 aromatic carbocycles. The lowest BCUT2D eigenvalue weighted by atomic mass is 9.97. The average Bonchev–Trinajstić information content (AvgIpc) is 3.18. The first-order valence-electron chi connectivity index (χ1n) is 7.95. The molecule has 1 atom stereocenters. The molecule has 0 aromatic heterocycles. The van der Waals surface area contributed by atoms with Crippen LogP contribution in [0.5, 0.6) is 5.75 Å². The van der Waals surface area contributed by atoms with Gasteiger partial charge in [0.1, 0.15) is 5.75 Å². The van der Waals surface area contributed by atoms with Crippen LogP contribution in [-0.2, 0) is 11.2 Å². The highest BCUT2D eigenvalue weighted by Gasteiger charge is 2.27. The predicted octanol–water partition coefficient (Wildman–Crippen LogP) is 2.00. The van der Waals surface area contributed by atoms with Crippen molar-refractivity contribution >= 4 is 22.8 Å². The molecule has 0 saturated heterocycles. The van der Waals surface area contributed by atoms with Crippen LogP contribution in [0.15, 0.2) is 40.4 Å². The highest BCUT2D eigenvalue weighted by atomic mass is 32.2. The minimum Gasteiger partial charge on any atom is -0.493 e. The number of carbonyl (C=O) groups is 1. The van der Waals surface area contributed by atoms with E-state index in [1.54, 1.807) is 11.8 Å². The Hall–Kier alpha value is -1.95. The summed E-state index contributed by atoms with van der Waals surface area (Å²) >= 11 is 1.62. The normalized spacial score (nSPS) is 21.9. The number of ether oxygens (including phenoxy) is 1.